The Hall–Kier alpha value is -1.06. The average Bonchev–Trinajstić information content (AvgIpc) is 2.00. The third-order valence-corrected chi connectivity index (χ3v) is 2.26. The van der Waals surface area contributed by atoms with Crippen molar-refractivity contribution in [3.8, 4) is 0 Å². The Bertz CT molecular complexity index is 255. The van der Waals surface area contributed by atoms with Crippen LogP contribution in [0.15, 0.2) is 0 Å². The highest BCUT2D eigenvalue weighted by atomic mass is 16.6. The number of hydrogen-bond acceptors (Lipinski definition) is 3. The van der Waals surface area contributed by atoms with Gasteiger partial charge in [-0.3, -0.25) is 9.69 Å². The van der Waals surface area contributed by atoms with Crippen LogP contribution in [0.2, 0.25) is 0 Å². The molecule has 1 fully saturated rings. The predicted octanol–water partition coefficient (Wildman–Crippen LogP) is 1.58. The molecule has 1 amide bonds. The van der Waals surface area contributed by atoms with Crippen molar-refractivity contribution in [1.82, 2.24) is 4.90 Å². The summed E-state index contributed by atoms with van der Waals surface area (Å²) >= 11 is 0. The largest absolute Gasteiger partial charge is 0.444 e. The second kappa shape index (κ2) is 3.26. The Morgan fingerprint density at radius 3 is 2.07 bits per heavy atom. The fraction of sp³-hybridized carbons (Fsp3) is 0.800. The molecule has 0 bridgehead atoms. The van der Waals surface area contributed by atoms with Gasteiger partial charge in [0.2, 0.25) is 0 Å². The maximum absolute atomic E-state index is 11.6. The zero-order valence-corrected chi connectivity index (χ0v) is 9.33. The second-order valence-corrected chi connectivity index (χ2v) is 4.64. The second-order valence-electron chi connectivity index (χ2n) is 4.64. The van der Waals surface area contributed by atoms with Gasteiger partial charge in [0.25, 0.3) is 0 Å². The summed E-state index contributed by atoms with van der Waals surface area (Å²) in [4.78, 5) is 24.2. The third kappa shape index (κ3) is 1.89. The van der Waals surface area contributed by atoms with Gasteiger partial charge in [-0.05, 0) is 34.6 Å². The zero-order valence-electron chi connectivity index (χ0n) is 9.33. The first-order valence-electron chi connectivity index (χ1n) is 4.79. The zero-order chi connectivity index (χ0) is 11.1. The van der Waals surface area contributed by atoms with E-state index < -0.39 is 11.7 Å². The molecule has 1 rings (SSSR count). The average molecular weight is 199 g/mol. The van der Waals surface area contributed by atoms with Gasteiger partial charge in [0.15, 0.2) is 5.78 Å². The maximum Gasteiger partial charge on any atom is 0.411 e. The summed E-state index contributed by atoms with van der Waals surface area (Å²) in [6, 6.07) is -0.667. The Morgan fingerprint density at radius 2 is 1.71 bits per heavy atom. The number of ketones is 1. The van der Waals surface area contributed by atoms with Gasteiger partial charge < -0.3 is 4.74 Å². The van der Waals surface area contributed by atoms with Crippen LogP contribution in [0, 0.1) is 0 Å². The van der Waals surface area contributed by atoms with Gasteiger partial charge in [0.05, 0.1) is 12.1 Å². The van der Waals surface area contributed by atoms with Crippen molar-refractivity contribution in [2.75, 3.05) is 0 Å². The number of likely N-dealkylation sites (tertiary alicyclic amines) is 1. The highest BCUT2D eigenvalue weighted by Crippen LogP contribution is 2.23. The molecule has 1 aliphatic heterocycles. The molecule has 0 aliphatic carbocycles. The van der Waals surface area contributed by atoms with E-state index in [0.717, 1.165) is 0 Å². The number of Topliss-reactive ketones (excluding diaryl/α,β-unsaturated/α-hetero) is 1. The molecule has 4 nitrogen and oxygen atoms in total. The van der Waals surface area contributed by atoms with Crippen molar-refractivity contribution >= 4 is 11.9 Å². The fourth-order valence-corrected chi connectivity index (χ4v) is 1.51. The minimum Gasteiger partial charge on any atom is -0.444 e. The van der Waals surface area contributed by atoms with Gasteiger partial charge in [-0.15, -0.1) is 0 Å². The smallest absolute Gasteiger partial charge is 0.411 e. The van der Waals surface area contributed by atoms with Crippen molar-refractivity contribution in [3.63, 3.8) is 0 Å². The van der Waals surface area contributed by atoms with Crippen LogP contribution >= 0.6 is 0 Å². The van der Waals surface area contributed by atoms with Crippen LogP contribution < -0.4 is 0 Å². The standard InChI is InChI=1S/C10H17NO3/c1-6-8(12)7(2)11(6)9(13)14-10(3,4)5/h6-7H,1-5H3/t6-,7?/m0/s1. The van der Waals surface area contributed by atoms with Gasteiger partial charge in [-0.25, -0.2) is 4.79 Å². The van der Waals surface area contributed by atoms with E-state index in [2.05, 4.69) is 0 Å². The number of amides is 1. The molecular weight excluding hydrogens is 182 g/mol. The number of ether oxygens (including phenoxy) is 1. The number of carbonyl (C=O) groups excluding carboxylic acids is 2. The van der Waals surface area contributed by atoms with E-state index in [1.165, 1.54) is 4.90 Å². The van der Waals surface area contributed by atoms with E-state index in [4.69, 9.17) is 4.74 Å². The first kappa shape index (κ1) is 11.0. The molecule has 2 atom stereocenters. The van der Waals surface area contributed by atoms with Crippen LogP contribution in [-0.2, 0) is 9.53 Å². The number of hydrogen-bond donors (Lipinski definition) is 0. The lowest BCUT2D eigenvalue weighted by molar-refractivity contribution is -0.141. The Labute approximate surface area is 84.2 Å². The summed E-state index contributed by atoms with van der Waals surface area (Å²) in [5, 5.41) is 0. The fourth-order valence-electron chi connectivity index (χ4n) is 1.51. The van der Waals surface area contributed by atoms with Crippen LogP contribution in [0.3, 0.4) is 0 Å². The summed E-state index contributed by atoms with van der Waals surface area (Å²) in [5.74, 6) is 0.0934. The third-order valence-electron chi connectivity index (χ3n) is 2.26. The van der Waals surface area contributed by atoms with Crippen LogP contribution in [0.1, 0.15) is 34.6 Å². The van der Waals surface area contributed by atoms with Gasteiger partial charge in [-0.1, -0.05) is 0 Å². The van der Waals surface area contributed by atoms with Gasteiger partial charge in [-0.2, -0.15) is 0 Å². The lowest BCUT2D eigenvalue weighted by Gasteiger charge is -2.43. The maximum atomic E-state index is 11.6. The van der Waals surface area contributed by atoms with Crippen LogP contribution in [0.4, 0.5) is 4.79 Å². The van der Waals surface area contributed by atoms with Crippen molar-refractivity contribution in [2.45, 2.75) is 52.3 Å². The minimum atomic E-state index is -0.505. The summed E-state index contributed by atoms with van der Waals surface area (Å²) < 4.78 is 5.17. The topological polar surface area (TPSA) is 46.6 Å². The van der Waals surface area contributed by atoms with Crippen molar-refractivity contribution in [3.05, 3.63) is 0 Å². The molecule has 1 heterocycles. The minimum absolute atomic E-state index is 0.0934. The molecular formula is C10H17NO3. The Balaban J connectivity index is 2.59. The summed E-state index contributed by atoms with van der Waals surface area (Å²) in [6.45, 7) is 8.85. The molecule has 0 saturated carbocycles. The van der Waals surface area contributed by atoms with Crippen molar-refractivity contribution in [1.29, 1.82) is 0 Å². The normalized spacial score (nSPS) is 27.2. The first-order chi connectivity index (χ1) is 6.24. The number of nitrogens with zero attached hydrogens (tertiary/aromatic N) is 1. The Kier molecular flexibility index (Phi) is 2.56. The van der Waals surface area contributed by atoms with Crippen molar-refractivity contribution < 1.29 is 14.3 Å². The first-order valence-corrected chi connectivity index (χ1v) is 4.79. The molecule has 0 spiro atoms. The Morgan fingerprint density at radius 1 is 1.29 bits per heavy atom. The van der Waals surface area contributed by atoms with Crippen LogP contribution in [0.25, 0.3) is 0 Å². The molecule has 0 aromatic heterocycles. The molecule has 80 valence electrons. The molecule has 0 aromatic rings. The highest BCUT2D eigenvalue weighted by molar-refractivity contribution is 5.99. The van der Waals surface area contributed by atoms with E-state index >= 15 is 0 Å². The van der Waals surface area contributed by atoms with Gasteiger partial charge in [0.1, 0.15) is 5.60 Å². The molecule has 0 aromatic carbocycles. The van der Waals surface area contributed by atoms with E-state index in [1.807, 2.05) is 20.8 Å². The molecule has 1 saturated heterocycles. The molecule has 1 unspecified atom stereocenters. The SMILES string of the molecule is CC1C(=O)[C@H](C)N1C(=O)OC(C)(C)C. The van der Waals surface area contributed by atoms with Gasteiger partial charge >= 0.3 is 6.09 Å². The number of carbonyl (C=O) groups is 2. The molecule has 0 N–H and O–H groups in total. The summed E-state index contributed by atoms with van der Waals surface area (Å²) in [6.07, 6.45) is -0.405. The van der Waals surface area contributed by atoms with E-state index in [9.17, 15) is 9.59 Å². The molecule has 1 aliphatic rings. The number of rotatable bonds is 0. The quantitative estimate of drug-likeness (QED) is 0.595. The van der Waals surface area contributed by atoms with E-state index in [0.29, 0.717) is 0 Å². The molecule has 14 heavy (non-hydrogen) atoms. The van der Waals surface area contributed by atoms with Gasteiger partial charge in [0, 0.05) is 0 Å². The molecule has 0 radical (unpaired) electrons. The lowest BCUT2D eigenvalue weighted by atomic mass is 9.95. The van der Waals surface area contributed by atoms with Crippen LogP contribution in [0.5, 0.6) is 0 Å². The van der Waals surface area contributed by atoms with E-state index in [-0.39, 0.29) is 17.9 Å². The van der Waals surface area contributed by atoms with Crippen LogP contribution in [-0.4, -0.2) is 34.5 Å². The van der Waals surface area contributed by atoms with Crippen molar-refractivity contribution in [2.24, 2.45) is 0 Å². The monoisotopic (exact) mass is 199 g/mol. The molecule has 4 heteroatoms. The summed E-state index contributed by atoms with van der Waals surface area (Å²) in [5.41, 5.74) is -0.505. The van der Waals surface area contributed by atoms with E-state index in [1.54, 1.807) is 13.8 Å². The highest BCUT2D eigenvalue weighted by Gasteiger charge is 2.46. The summed E-state index contributed by atoms with van der Waals surface area (Å²) in [7, 11) is 0. The predicted molar refractivity (Wildman–Crippen MR) is 52.0 cm³/mol. The lowest BCUT2D eigenvalue weighted by Crippen LogP contribution is -2.64.